The molecule has 0 amide bonds. The van der Waals surface area contributed by atoms with Crippen molar-refractivity contribution in [3.63, 3.8) is 0 Å². The van der Waals surface area contributed by atoms with Crippen LogP contribution in [0.5, 0.6) is 0 Å². The number of rotatable bonds is 2. The van der Waals surface area contributed by atoms with Gasteiger partial charge in [-0.2, -0.15) is 0 Å². The minimum atomic E-state index is -3.20. The van der Waals surface area contributed by atoms with E-state index in [2.05, 4.69) is 4.31 Å². The summed E-state index contributed by atoms with van der Waals surface area (Å²) >= 11 is 0. The third kappa shape index (κ3) is 50.8. The zero-order chi connectivity index (χ0) is 8.57. The number of hydrogen-bond donors (Lipinski definition) is 3. The fraction of sp³-hybridized carbons (Fsp3) is 1.00. The van der Waals surface area contributed by atoms with Crippen LogP contribution >= 0.6 is 16.5 Å². The molecule has 11 heteroatoms. The average Bonchev–Trinajstić information content (AvgIpc) is 1.62. The van der Waals surface area contributed by atoms with Gasteiger partial charge < -0.3 is 14.9 Å². The molecule has 0 spiro atoms. The third-order valence-corrected chi connectivity index (χ3v) is 1.57. The van der Waals surface area contributed by atoms with Crippen molar-refractivity contribution in [3.8, 4) is 0 Å². The van der Waals surface area contributed by atoms with Gasteiger partial charge in [-0.1, -0.05) is 0 Å². The second-order valence-corrected chi connectivity index (χ2v) is 2.83. The summed E-state index contributed by atoms with van der Waals surface area (Å²) in [6, 6.07) is 0. The van der Waals surface area contributed by atoms with Gasteiger partial charge >= 0.3 is 105 Å². The Balaban J connectivity index is -0.0000000320. The first-order valence-corrected chi connectivity index (χ1v) is 4.81. The first kappa shape index (κ1) is 29.9. The number of aliphatic hydroxyl groups is 1. The quantitative estimate of drug-likeness (QED) is 0.387. The summed E-state index contributed by atoms with van der Waals surface area (Å²) in [4.78, 5) is 15.4. The molecular formula is C2H13Na3O6P2. The van der Waals surface area contributed by atoms with Crippen molar-refractivity contribution in [2.75, 3.05) is 6.61 Å². The van der Waals surface area contributed by atoms with Gasteiger partial charge in [0.05, 0.1) is 0 Å². The molecule has 2 atom stereocenters. The van der Waals surface area contributed by atoms with Crippen LogP contribution in [0.4, 0.5) is 0 Å². The standard InChI is InChI=1S/C2H6O.3Na.H4O5P2.3H/c1-2-3;;;;1-6(2)5-7(3)4;;;/h3H,2H2,1H3;;;;6-7H,(H,1,2)(H,3,4);;;. The van der Waals surface area contributed by atoms with E-state index in [-0.39, 0.29) is 95.3 Å². The molecule has 2 unspecified atom stereocenters. The van der Waals surface area contributed by atoms with E-state index in [4.69, 9.17) is 14.9 Å². The van der Waals surface area contributed by atoms with Crippen molar-refractivity contribution in [2.24, 2.45) is 0 Å². The molecule has 3 N–H and O–H groups in total. The fourth-order valence-electron chi connectivity index (χ4n) is 0.0747. The van der Waals surface area contributed by atoms with E-state index in [9.17, 15) is 9.13 Å². The molecule has 0 heterocycles. The van der Waals surface area contributed by atoms with Gasteiger partial charge in [-0.25, -0.2) is 4.31 Å². The molecular weight excluding hydrogens is 251 g/mol. The SMILES string of the molecule is CCO.O=[PH](O)O[PH](=O)O.[NaH].[NaH].[NaH]. The van der Waals surface area contributed by atoms with Gasteiger partial charge in [-0.3, -0.25) is 9.13 Å². The summed E-state index contributed by atoms with van der Waals surface area (Å²) in [6.45, 7) is 1.93. The van der Waals surface area contributed by atoms with Gasteiger partial charge in [-0.15, -0.1) is 0 Å². The van der Waals surface area contributed by atoms with Crippen LogP contribution in [0.1, 0.15) is 6.92 Å². The molecule has 0 rings (SSSR count). The molecule has 0 aromatic carbocycles. The van der Waals surface area contributed by atoms with E-state index in [0.717, 1.165) is 0 Å². The Hall–Kier alpha value is 3.30. The van der Waals surface area contributed by atoms with E-state index < -0.39 is 16.5 Å². The Morgan fingerprint density at radius 2 is 1.23 bits per heavy atom. The van der Waals surface area contributed by atoms with Crippen LogP contribution in [0.25, 0.3) is 0 Å². The summed E-state index contributed by atoms with van der Waals surface area (Å²) in [6.07, 6.45) is 0. The molecule has 0 fully saturated rings. The molecule has 0 aliphatic carbocycles. The number of hydrogen-bond acceptors (Lipinski definition) is 4. The fourth-order valence-corrected chi connectivity index (χ4v) is 0.672. The third-order valence-electron chi connectivity index (χ3n) is 0.175. The zero-order valence-corrected chi connectivity index (χ0v) is 7.27. The van der Waals surface area contributed by atoms with E-state index in [0.29, 0.717) is 0 Å². The Morgan fingerprint density at radius 1 is 1.08 bits per heavy atom. The summed E-state index contributed by atoms with van der Waals surface area (Å²) in [5.74, 6) is 0. The Labute approximate surface area is 145 Å². The van der Waals surface area contributed by atoms with Crippen LogP contribution in [0, 0.1) is 0 Å². The van der Waals surface area contributed by atoms with Crippen molar-refractivity contribution in [1.29, 1.82) is 0 Å². The van der Waals surface area contributed by atoms with Crippen LogP contribution in [-0.4, -0.2) is 110 Å². The molecule has 0 bridgehead atoms. The van der Waals surface area contributed by atoms with Crippen LogP contribution in [-0.2, 0) is 13.4 Å². The predicted octanol–water partition coefficient (Wildman–Crippen LogP) is -2.18. The molecule has 0 radical (unpaired) electrons. The van der Waals surface area contributed by atoms with Crippen LogP contribution in [0.3, 0.4) is 0 Å². The maximum absolute atomic E-state index is 9.44. The van der Waals surface area contributed by atoms with E-state index in [1.54, 1.807) is 6.92 Å². The van der Waals surface area contributed by atoms with Crippen LogP contribution in [0.15, 0.2) is 0 Å². The summed E-state index contributed by atoms with van der Waals surface area (Å²) in [7, 11) is -6.40. The summed E-state index contributed by atoms with van der Waals surface area (Å²) in [5.41, 5.74) is 0. The molecule has 70 valence electrons. The maximum atomic E-state index is 9.44. The van der Waals surface area contributed by atoms with Gasteiger partial charge in [-0.05, 0) is 6.92 Å². The van der Waals surface area contributed by atoms with E-state index >= 15 is 0 Å². The minimum absolute atomic E-state index is 0. The molecule has 0 saturated carbocycles. The molecule has 0 aliphatic heterocycles. The van der Waals surface area contributed by atoms with Crippen molar-refractivity contribution in [3.05, 3.63) is 0 Å². The average molecular weight is 264 g/mol. The topological polar surface area (TPSA) is 104 Å². The van der Waals surface area contributed by atoms with Crippen LogP contribution in [0.2, 0.25) is 0 Å². The zero-order valence-electron chi connectivity index (χ0n) is 5.27. The summed E-state index contributed by atoms with van der Waals surface area (Å²) < 4.78 is 22.3. The molecule has 13 heavy (non-hydrogen) atoms. The molecule has 0 aromatic rings. The van der Waals surface area contributed by atoms with Gasteiger partial charge in [0.25, 0.3) is 0 Å². The Morgan fingerprint density at radius 3 is 1.23 bits per heavy atom. The normalized spacial score (nSPS) is 11.4. The molecule has 0 aliphatic rings. The van der Waals surface area contributed by atoms with Crippen molar-refractivity contribution in [1.82, 2.24) is 0 Å². The molecule has 6 nitrogen and oxygen atoms in total. The first-order valence-electron chi connectivity index (χ1n) is 2.29. The van der Waals surface area contributed by atoms with Crippen molar-refractivity contribution < 1.29 is 28.3 Å². The second-order valence-electron chi connectivity index (χ2n) is 0.950. The molecule has 0 aromatic heterocycles. The van der Waals surface area contributed by atoms with E-state index in [1.165, 1.54) is 0 Å². The molecule has 0 saturated heterocycles. The van der Waals surface area contributed by atoms with Gasteiger partial charge in [0, 0.05) is 6.61 Å². The van der Waals surface area contributed by atoms with Gasteiger partial charge in [0.2, 0.25) is 0 Å². The van der Waals surface area contributed by atoms with Gasteiger partial charge in [0.15, 0.2) is 0 Å². The number of aliphatic hydroxyl groups excluding tert-OH is 1. The predicted molar refractivity (Wildman–Crippen MR) is 57.7 cm³/mol. The Bertz CT molecular complexity index is 110. The first-order chi connectivity index (χ1) is 4.54. The van der Waals surface area contributed by atoms with E-state index in [1.807, 2.05) is 0 Å². The van der Waals surface area contributed by atoms with Crippen LogP contribution < -0.4 is 0 Å². The van der Waals surface area contributed by atoms with Gasteiger partial charge in [0.1, 0.15) is 0 Å². The van der Waals surface area contributed by atoms with Crippen molar-refractivity contribution in [2.45, 2.75) is 6.92 Å². The summed E-state index contributed by atoms with van der Waals surface area (Å²) in [5, 5.41) is 7.57. The monoisotopic (exact) mass is 264 g/mol. The Kier molecular flexibility index (Phi) is 56.3. The second kappa shape index (κ2) is 24.5. The van der Waals surface area contributed by atoms with Crippen molar-refractivity contribution >= 4 is 105 Å².